The number of anilines is 3. The summed E-state index contributed by atoms with van der Waals surface area (Å²) >= 11 is 12.1. The van der Waals surface area contributed by atoms with E-state index in [1.807, 2.05) is 55.5 Å². The van der Waals surface area contributed by atoms with Crippen LogP contribution in [0, 0.1) is 6.92 Å². The zero-order valence-electron chi connectivity index (χ0n) is 18.8. The van der Waals surface area contributed by atoms with Crippen LogP contribution in [0.5, 0.6) is 0 Å². The summed E-state index contributed by atoms with van der Waals surface area (Å²) in [5.74, 6) is 2.59. The summed E-state index contributed by atoms with van der Waals surface area (Å²) in [5.41, 5.74) is 2.74. The number of aryl methyl sites for hydroxylation is 1. The maximum Gasteiger partial charge on any atom is 0.305 e. The summed E-state index contributed by atoms with van der Waals surface area (Å²) in [6.45, 7) is 2.53. The molecule has 0 aliphatic heterocycles. The highest BCUT2D eigenvalue weighted by Crippen LogP contribution is 2.27. The van der Waals surface area contributed by atoms with Crippen LogP contribution in [0.1, 0.15) is 11.5 Å². The summed E-state index contributed by atoms with van der Waals surface area (Å²) in [6.07, 6.45) is 1.70. The smallest absolute Gasteiger partial charge is 0.305 e. The van der Waals surface area contributed by atoms with Gasteiger partial charge in [-0.3, -0.25) is 4.55 Å². The number of hydrogen-bond donors (Lipinski definition) is 3. The van der Waals surface area contributed by atoms with Crippen molar-refractivity contribution in [1.29, 1.82) is 0 Å². The Bertz CT molecular complexity index is 1590. The first kappa shape index (κ1) is 25.9. The van der Waals surface area contributed by atoms with Crippen molar-refractivity contribution in [2.45, 2.75) is 17.7 Å². The molecule has 12 heteroatoms. The van der Waals surface area contributed by atoms with Gasteiger partial charge < -0.3 is 15.1 Å². The van der Waals surface area contributed by atoms with Crippen molar-refractivity contribution in [3.8, 4) is 0 Å². The molecule has 0 fully saturated rings. The van der Waals surface area contributed by atoms with Gasteiger partial charge in [0.05, 0.1) is 29.0 Å². The van der Waals surface area contributed by atoms with Crippen LogP contribution in [0.15, 0.2) is 80.9 Å². The van der Waals surface area contributed by atoms with E-state index in [1.165, 1.54) is 11.4 Å². The molecular weight excluding hydrogens is 543 g/mol. The number of rotatable bonds is 6. The van der Waals surface area contributed by atoms with E-state index < -0.39 is 10.1 Å². The zero-order valence-corrected chi connectivity index (χ0v) is 21.9. The SMILES string of the molecule is Cc1ccc(CNc2ccc3c(Nc4ccc(Cl)nc4)cccc3n2)o1.O=S(=O)(O)c1sccc1Cl. The third-order valence-electron chi connectivity index (χ3n) is 4.80. The predicted octanol–water partition coefficient (Wildman–Crippen LogP) is 7.19. The molecule has 0 amide bonds. The van der Waals surface area contributed by atoms with Gasteiger partial charge in [0.2, 0.25) is 0 Å². The topological polar surface area (TPSA) is 117 Å². The Hall–Kier alpha value is -3.15. The lowest BCUT2D eigenvalue weighted by Crippen LogP contribution is -2.01. The van der Waals surface area contributed by atoms with Crippen LogP contribution < -0.4 is 10.6 Å². The van der Waals surface area contributed by atoms with Gasteiger partial charge in [-0.25, -0.2) is 9.97 Å². The number of benzene rings is 1. The highest BCUT2D eigenvalue weighted by molar-refractivity contribution is 7.88. The van der Waals surface area contributed by atoms with Crippen LogP contribution >= 0.6 is 34.5 Å². The minimum Gasteiger partial charge on any atom is -0.465 e. The lowest BCUT2D eigenvalue weighted by molar-refractivity contribution is 0.485. The number of thiophene rings is 1. The highest BCUT2D eigenvalue weighted by Gasteiger charge is 2.14. The van der Waals surface area contributed by atoms with Crippen molar-refractivity contribution in [3.05, 3.63) is 93.9 Å². The van der Waals surface area contributed by atoms with Gasteiger partial charge in [0.15, 0.2) is 4.21 Å². The van der Waals surface area contributed by atoms with Crippen LogP contribution in [0.4, 0.5) is 17.2 Å². The number of furan rings is 1. The second-order valence-corrected chi connectivity index (χ2v) is 10.8. The molecule has 0 saturated heterocycles. The number of fused-ring (bicyclic) bond motifs is 1. The quantitative estimate of drug-likeness (QED) is 0.147. The van der Waals surface area contributed by atoms with Gasteiger partial charge in [0, 0.05) is 11.1 Å². The Labute approximate surface area is 221 Å². The molecule has 4 heterocycles. The van der Waals surface area contributed by atoms with E-state index in [1.54, 1.807) is 12.3 Å². The Balaban J connectivity index is 0.000000256. The van der Waals surface area contributed by atoms with Gasteiger partial charge >= 0.3 is 10.1 Å². The summed E-state index contributed by atoms with van der Waals surface area (Å²) in [5, 5.41) is 9.70. The van der Waals surface area contributed by atoms with Crippen molar-refractivity contribution in [1.82, 2.24) is 9.97 Å². The molecular formula is C24H20Cl2N4O4S2. The third-order valence-corrected chi connectivity index (χ3v) is 7.87. The van der Waals surface area contributed by atoms with Crippen molar-refractivity contribution < 1.29 is 17.4 Å². The summed E-state index contributed by atoms with van der Waals surface area (Å²) in [6, 6.07) is 19.0. The molecule has 0 atom stereocenters. The molecule has 5 rings (SSSR count). The van der Waals surface area contributed by atoms with Gasteiger partial charge in [-0.1, -0.05) is 29.3 Å². The second-order valence-electron chi connectivity index (χ2n) is 7.46. The predicted molar refractivity (Wildman–Crippen MR) is 144 cm³/mol. The molecule has 4 aromatic heterocycles. The fourth-order valence-corrected chi connectivity index (χ4v) is 5.34. The van der Waals surface area contributed by atoms with Crippen molar-refractivity contribution in [2.75, 3.05) is 10.6 Å². The van der Waals surface area contributed by atoms with Crippen LogP contribution in [0.25, 0.3) is 10.9 Å². The molecule has 0 aliphatic rings. The number of nitrogens with one attached hydrogen (secondary N) is 2. The van der Waals surface area contributed by atoms with Crippen LogP contribution in [-0.4, -0.2) is 22.9 Å². The monoisotopic (exact) mass is 562 g/mol. The number of pyridine rings is 2. The molecule has 0 radical (unpaired) electrons. The van der Waals surface area contributed by atoms with Crippen molar-refractivity contribution >= 4 is 72.8 Å². The number of hydrogen-bond acceptors (Lipinski definition) is 8. The maximum atomic E-state index is 10.4. The molecule has 8 nitrogen and oxygen atoms in total. The average molecular weight is 563 g/mol. The summed E-state index contributed by atoms with van der Waals surface area (Å²) in [4.78, 5) is 8.78. The fourth-order valence-electron chi connectivity index (χ4n) is 3.19. The normalized spacial score (nSPS) is 11.1. The van der Waals surface area contributed by atoms with E-state index in [0.717, 1.165) is 51.0 Å². The Morgan fingerprint density at radius 1 is 1.06 bits per heavy atom. The zero-order chi connectivity index (χ0) is 25.7. The van der Waals surface area contributed by atoms with Crippen molar-refractivity contribution in [3.63, 3.8) is 0 Å². The minimum atomic E-state index is -4.10. The summed E-state index contributed by atoms with van der Waals surface area (Å²) in [7, 11) is -4.10. The number of nitrogens with zero attached hydrogens (tertiary/aromatic N) is 2. The van der Waals surface area contributed by atoms with E-state index in [2.05, 4.69) is 20.6 Å². The number of halogens is 2. The van der Waals surface area contributed by atoms with Gasteiger partial charge in [-0.05, 0) is 66.9 Å². The standard InChI is InChI=1S/C20H17ClN4O.C4H3ClO3S2/c1-13-5-7-15(26-13)12-23-20-10-8-16-17(3-2-4-18(16)25-20)24-14-6-9-19(21)22-11-14;5-3-1-2-9-4(3)10(6,7)8/h2-11,24H,12H2,1H3,(H,23,25);1-2H,(H,6,7,8). The first-order chi connectivity index (χ1) is 17.2. The second kappa shape index (κ2) is 11.3. The fraction of sp³-hybridized carbons (Fsp3) is 0.0833. The van der Waals surface area contributed by atoms with Gasteiger partial charge in [0.1, 0.15) is 22.5 Å². The van der Waals surface area contributed by atoms with Crippen LogP contribution in [-0.2, 0) is 16.7 Å². The average Bonchev–Trinajstić information content (AvgIpc) is 3.47. The lowest BCUT2D eigenvalue weighted by atomic mass is 10.1. The first-order valence-electron chi connectivity index (χ1n) is 10.5. The highest BCUT2D eigenvalue weighted by atomic mass is 35.5. The molecule has 0 unspecified atom stereocenters. The largest absolute Gasteiger partial charge is 0.465 e. The van der Waals surface area contributed by atoms with Gasteiger partial charge in [-0.2, -0.15) is 8.42 Å². The Morgan fingerprint density at radius 3 is 2.50 bits per heavy atom. The van der Waals surface area contributed by atoms with Crippen LogP contribution in [0.3, 0.4) is 0 Å². The molecule has 3 N–H and O–H groups in total. The van der Waals surface area contributed by atoms with Gasteiger partial charge in [0.25, 0.3) is 0 Å². The molecule has 5 aromatic rings. The van der Waals surface area contributed by atoms with E-state index in [0.29, 0.717) is 11.7 Å². The molecule has 36 heavy (non-hydrogen) atoms. The van der Waals surface area contributed by atoms with E-state index in [4.69, 9.17) is 32.2 Å². The van der Waals surface area contributed by atoms with Gasteiger partial charge in [-0.15, -0.1) is 11.3 Å². The number of aromatic nitrogens is 2. The summed E-state index contributed by atoms with van der Waals surface area (Å²) < 4.78 is 34.6. The van der Waals surface area contributed by atoms with E-state index in [-0.39, 0.29) is 9.23 Å². The first-order valence-corrected chi connectivity index (χ1v) is 13.5. The Kier molecular flexibility index (Phi) is 8.12. The molecule has 0 spiro atoms. The van der Waals surface area contributed by atoms with Crippen LogP contribution in [0.2, 0.25) is 10.2 Å². The van der Waals surface area contributed by atoms with Crippen molar-refractivity contribution in [2.24, 2.45) is 0 Å². The third kappa shape index (κ3) is 6.74. The molecule has 0 aliphatic carbocycles. The lowest BCUT2D eigenvalue weighted by Gasteiger charge is -2.11. The molecule has 186 valence electrons. The molecule has 1 aromatic carbocycles. The van der Waals surface area contributed by atoms with E-state index in [9.17, 15) is 8.42 Å². The molecule has 0 saturated carbocycles. The maximum absolute atomic E-state index is 10.4. The minimum absolute atomic E-state index is 0.0625. The Morgan fingerprint density at radius 2 is 1.89 bits per heavy atom. The van der Waals surface area contributed by atoms with E-state index >= 15 is 0 Å². The molecule has 0 bridgehead atoms.